The Kier molecular flexibility index (Phi) is 5.81. The van der Waals surface area contributed by atoms with Crippen molar-refractivity contribution in [3.8, 4) is 11.5 Å². The number of phenolic OH excluding ortho intramolecular Hbond substituents is 2. The number of rotatable bonds is 3. The van der Waals surface area contributed by atoms with Crippen LogP contribution in [0.2, 0.25) is 0 Å². The number of hydrogen-bond acceptors (Lipinski definition) is 6. The van der Waals surface area contributed by atoms with Crippen LogP contribution in [0.3, 0.4) is 0 Å². The summed E-state index contributed by atoms with van der Waals surface area (Å²) >= 11 is 0. The quantitative estimate of drug-likeness (QED) is 0.362. The van der Waals surface area contributed by atoms with Gasteiger partial charge in [-0.2, -0.15) is 8.42 Å². The van der Waals surface area contributed by atoms with Crippen LogP contribution in [0.25, 0.3) is 10.8 Å². The summed E-state index contributed by atoms with van der Waals surface area (Å²) in [5, 5.41) is 29.0. The van der Waals surface area contributed by atoms with E-state index in [2.05, 4.69) is 10.2 Å². The molecule has 0 radical (unpaired) electrons. The van der Waals surface area contributed by atoms with Crippen molar-refractivity contribution in [3.63, 3.8) is 0 Å². The van der Waals surface area contributed by atoms with Crippen LogP contribution in [0, 0.1) is 0 Å². The van der Waals surface area contributed by atoms with Crippen LogP contribution in [-0.4, -0.2) is 23.2 Å². The van der Waals surface area contributed by atoms with Crippen LogP contribution < -0.4 is 29.6 Å². The molecule has 3 aromatic carbocycles. The number of hydrogen-bond donors (Lipinski definition) is 3. The largest absolute Gasteiger partial charge is 1.00 e. The monoisotopic (exact) mass is 368 g/mol. The topological polar surface area (TPSA) is 120 Å². The van der Waals surface area contributed by atoms with E-state index < -0.39 is 15.0 Å². The number of nitrogens with zero attached hydrogens (tertiary/aromatic N) is 2. The van der Waals surface area contributed by atoms with Gasteiger partial charge in [0.25, 0.3) is 10.1 Å². The molecule has 0 aliphatic heterocycles. The first-order valence-electron chi connectivity index (χ1n) is 6.79. The Hall–Kier alpha value is -1.97. The first-order chi connectivity index (χ1) is 11.4. The van der Waals surface area contributed by atoms with E-state index in [-0.39, 0.29) is 53.9 Å². The number of azo groups is 1. The van der Waals surface area contributed by atoms with Gasteiger partial charge in [-0.3, -0.25) is 4.55 Å². The third-order valence-electron chi connectivity index (χ3n) is 3.38. The van der Waals surface area contributed by atoms with E-state index in [1.165, 1.54) is 6.07 Å². The molecule has 0 heterocycles. The van der Waals surface area contributed by atoms with Gasteiger partial charge in [0, 0.05) is 5.39 Å². The standard InChI is InChI=1S/C16H12N2O5S.Na.H/c19-14-8-6-11(24(21,22)23)9-13(14)17-18-16-12-4-2-1-3-10(12)5-7-15(16)20;;/h1-9,19-20H,(H,21,22,23);;/q;+1;-1. The van der Waals surface area contributed by atoms with Crippen LogP contribution in [0.15, 0.2) is 69.7 Å². The van der Waals surface area contributed by atoms with E-state index in [1.54, 1.807) is 18.2 Å². The fourth-order valence-electron chi connectivity index (χ4n) is 2.20. The Morgan fingerprint density at radius 2 is 1.56 bits per heavy atom. The van der Waals surface area contributed by atoms with Crippen LogP contribution in [0.1, 0.15) is 1.43 Å². The van der Waals surface area contributed by atoms with Crippen LogP contribution >= 0.6 is 0 Å². The zero-order chi connectivity index (χ0) is 17.3. The van der Waals surface area contributed by atoms with Crippen molar-refractivity contribution in [3.05, 3.63) is 54.6 Å². The smallest absolute Gasteiger partial charge is 1.00 e. The van der Waals surface area contributed by atoms with Crippen molar-refractivity contribution in [2.45, 2.75) is 4.90 Å². The summed E-state index contributed by atoms with van der Waals surface area (Å²) in [6, 6.07) is 13.5. The Morgan fingerprint density at radius 3 is 2.28 bits per heavy atom. The summed E-state index contributed by atoms with van der Waals surface area (Å²) in [7, 11) is -4.43. The molecule has 3 aromatic rings. The summed E-state index contributed by atoms with van der Waals surface area (Å²) in [6.07, 6.45) is 0. The SMILES string of the molecule is O=S(=O)(O)c1ccc(O)c(N=Nc2c(O)ccc3ccccc23)c1.[H-].[Na+]. The van der Waals surface area contributed by atoms with Gasteiger partial charge in [-0.15, -0.1) is 10.2 Å². The fraction of sp³-hybridized carbons (Fsp3) is 0. The van der Waals surface area contributed by atoms with E-state index in [9.17, 15) is 18.6 Å². The molecule has 0 unspecified atom stereocenters. The molecule has 0 bridgehead atoms. The van der Waals surface area contributed by atoms with Crippen molar-refractivity contribution >= 4 is 32.3 Å². The summed E-state index contributed by atoms with van der Waals surface area (Å²) in [5.74, 6) is -0.422. The molecule has 0 saturated heterocycles. The number of phenols is 2. The maximum absolute atomic E-state index is 11.2. The number of aromatic hydroxyl groups is 2. The first-order valence-corrected chi connectivity index (χ1v) is 8.23. The maximum atomic E-state index is 11.2. The summed E-state index contributed by atoms with van der Waals surface area (Å²) in [5.41, 5.74) is 0.0298. The van der Waals surface area contributed by atoms with Gasteiger partial charge in [-0.05, 0) is 29.7 Å². The van der Waals surface area contributed by atoms with Crippen molar-refractivity contribution in [1.29, 1.82) is 0 Å². The van der Waals surface area contributed by atoms with E-state index in [0.717, 1.165) is 23.6 Å². The fourth-order valence-corrected chi connectivity index (χ4v) is 2.70. The molecule has 0 fully saturated rings. The molecule has 0 saturated carbocycles. The van der Waals surface area contributed by atoms with Crippen LogP contribution in [0.4, 0.5) is 11.4 Å². The molecule has 25 heavy (non-hydrogen) atoms. The van der Waals surface area contributed by atoms with Crippen molar-refractivity contribution in [1.82, 2.24) is 0 Å². The second-order valence-electron chi connectivity index (χ2n) is 4.98. The molecule has 0 aliphatic carbocycles. The van der Waals surface area contributed by atoms with Crippen molar-refractivity contribution < 1.29 is 54.2 Å². The second kappa shape index (κ2) is 7.51. The molecule has 7 nitrogen and oxygen atoms in total. The summed E-state index contributed by atoms with van der Waals surface area (Å²) < 4.78 is 31.4. The van der Waals surface area contributed by atoms with Gasteiger partial charge in [0.15, 0.2) is 0 Å². The minimum Gasteiger partial charge on any atom is -1.00 e. The van der Waals surface area contributed by atoms with Gasteiger partial charge in [0.05, 0.1) is 4.90 Å². The molecule has 3 N–H and O–H groups in total. The van der Waals surface area contributed by atoms with E-state index in [4.69, 9.17) is 4.55 Å². The normalized spacial score (nSPS) is 11.6. The minimum atomic E-state index is -4.43. The van der Waals surface area contributed by atoms with Gasteiger partial charge < -0.3 is 11.6 Å². The molecule has 0 aliphatic rings. The summed E-state index contributed by atoms with van der Waals surface area (Å²) in [4.78, 5) is -0.420. The molecule has 3 rings (SSSR count). The Morgan fingerprint density at radius 1 is 0.880 bits per heavy atom. The van der Waals surface area contributed by atoms with Crippen LogP contribution in [0.5, 0.6) is 11.5 Å². The van der Waals surface area contributed by atoms with Gasteiger partial charge in [0.2, 0.25) is 0 Å². The first kappa shape index (κ1) is 19.4. The van der Waals surface area contributed by atoms with Crippen molar-refractivity contribution in [2.75, 3.05) is 0 Å². The van der Waals surface area contributed by atoms with Gasteiger partial charge >= 0.3 is 29.6 Å². The Balaban J connectivity index is 0.00000169. The van der Waals surface area contributed by atoms with Gasteiger partial charge in [-0.1, -0.05) is 30.3 Å². The molecule has 0 aromatic heterocycles. The molecule has 124 valence electrons. The third kappa shape index (κ3) is 4.17. The predicted molar refractivity (Wildman–Crippen MR) is 88.8 cm³/mol. The van der Waals surface area contributed by atoms with Gasteiger partial charge in [0.1, 0.15) is 22.9 Å². The average Bonchev–Trinajstić information content (AvgIpc) is 2.54. The van der Waals surface area contributed by atoms with E-state index >= 15 is 0 Å². The number of fused-ring (bicyclic) bond motifs is 1. The molecular formula is C16H13N2NaO5S. The Labute approximate surface area is 167 Å². The minimum absolute atomic E-state index is 0. The average molecular weight is 368 g/mol. The summed E-state index contributed by atoms with van der Waals surface area (Å²) in [6.45, 7) is 0. The zero-order valence-corrected chi connectivity index (χ0v) is 16.0. The van der Waals surface area contributed by atoms with Crippen molar-refractivity contribution in [2.24, 2.45) is 10.2 Å². The molecule has 9 heteroatoms. The molecular weight excluding hydrogens is 355 g/mol. The Bertz CT molecular complexity index is 1070. The van der Waals surface area contributed by atoms with Crippen LogP contribution in [-0.2, 0) is 10.1 Å². The van der Waals surface area contributed by atoms with E-state index in [0.29, 0.717) is 5.39 Å². The third-order valence-corrected chi connectivity index (χ3v) is 4.23. The van der Waals surface area contributed by atoms with E-state index in [1.807, 2.05) is 12.1 Å². The molecule has 0 spiro atoms. The molecule has 0 atom stereocenters. The zero-order valence-electron chi connectivity index (χ0n) is 14.2. The molecule has 0 amide bonds. The predicted octanol–water partition coefficient (Wildman–Crippen LogP) is 1.03. The second-order valence-corrected chi connectivity index (χ2v) is 6.40. The van der Waals surface area contributed by atoms with Gasteiger partial charge in [-0.25, -0.2) is 0 Å². The number of benzene rings is 3. The maximum Gasteiger partial charge on any atom is 1.00 e.